The summed E-state index contributed by atoms with van der Waals surface area (Å²) in [6.45, 7) is 1.98. The van der Waals surface area contributed by atoms with Crippen molar-refractivity contribution in [1.82, 2.24) is 4.90 Å². The molecule has 0 aliphatic heterocycles. The molecule has 0 heterocycles. The molecule has 124 valence electrons. The standard InChI is InChI=1S/C19H20N2O3/c1-14-6-4-5-7-15(14)8-13-18(22)24-17-11-9-16(10-12-17)20-19(23)21(2)3/h4-13H,1-3H3,(H,20,23). The number of anilines is 1. The normalized spacial score (nSPS) is 10.5. The molecule has 0 radical (unpaired) electrons. The van der Waals surface area contributed by atoms with Crippen molar-refractivity contribution in [2.75, 3.05) is 19.4 Å². The van der Waals surface area contributed by atoms with Gasteiger partial charge in [0.25, 0.3) is 0 Å². The Balaban J connectivity index is 1.95. The third-order valence-electron chi connectivity index (χ3n) is 3.32. The fourth-order valence-electron chi connectivity index (χ4n) is 1.92. The fourth-order valence-corrected chi connectivity index (χ4v) is 1.92. The number of carbonyl (C=O) groups is 2. The van der Waals surface area contributed by atoms with Gasteiger partial charge in [-0.15, -0.1) is 0 Å². The molecule has 5 nitrogen and oxygen atoms in total. The van der Waals surface area contributed by atoms with Gasteiger partial charge in [0.05, 0.1) is 0 Å². The lowest BCUT2D eigenvalue weighted by molar-refractivity contribution is -0.128. The van der Waals surface area contributed by atoms with Gasteiger partial charge in [-0.3, -0.25) is 0 Å². The van der Waals surface area contributed by atoms with Gasteiger partial charge in [0.15, 0.2) is 0 Å². The lowest BCUT2D eigenvalue weighted by atomic mass is 10.1. The van der Waals surface area contributed by atoms with E-state index in [1.54, 1.807) is 44.4 Å². The molecule has 2 aromatic carbocycles. The maximum absolute atomic E-state index is 11.9. The monoisotopic (exact) mass is 324 g/mol. The second-order valence-electron chi connectivity index (χ2n) is 5.46. The molecule has 2 rings (SSSR count). The summed E-state index contributed by atoms with van der Waals surface area (Å²) in [6.07, 6.45) is 3.12. The first-order chi connectivity index (χ1) is 11.5. The number of aryl methyl sites for hydroxylation is 1. The van der Waals surface area contributed by atoms with E-state index in [9.17, 15) is 9.59 Å². The fraction of sp³-hybridized carbons (Fsp3) is 0.158. The van der Waals surface area contributed by atoms with Crippen LogP contribution in [0.4, 0.5) is 10.5 Å². The average molecular weight is 324 g/mol. The van der Waals surface area contributed by atoms with Crippen molar-refractivity contribution in [1.29, 1.82) is 0 Å². The van der Waals surface area contributed by atoms with Gasteiger partial charge < -0.3 is 15.0 Å². The maximum Gasteiger partial charge on any atom is 0.336 e. The number of ether oxygens (including phenoxy) is 1. The van der Waals surface area contributed by atoms with Crippen molar-refractivity contribution < 1.29 is 14.3 Å². The molecule has 0 aromatic heterocycles. The van der Waals surface area contributed by atoms with Crippen molar-refractivity contribution in [3.63, 3.8) is 0 Å². The molecule has 0 saturated carbocycles. The lowest BCUT2D eigenvalue weighted by Crippen LogP contribution is -2.27. The quantitative estimate of drug-likeness (QED) is 0.530. The van der Waals surface area contributed by atoms with Crippen LogP contribution in [0.5, 0.6) is 5.75 Å². The van der Waals surface area contributed by atoms with E-state index >= 15 is 0 Å². The Morgan fingerprint density at radius 2 is 1.71 bits per heavy atom. The highest BCUT2D eigenvalue weighted by molar-refractivity contribution is 5.90. The van der Waals surface area contributed by atoms with Gasteiger partial charge in [0, 0.05) is 25.9 Å². The van der Waals surface area contributed by atoms with Gasteiger partial charge in [-0.05, 0) is 48.4 Å². The third kappa shape index (κ3) is 4.98. The molecular weight excluding hydrogens is 304 g/mol. The molecule has 0 aliphatic carbocycles. The summed E-state index contributed by atoms with van der Waals surface area (Å²) >= 11 is 0. The zero-order valence-electron chi connectivity index (χ0n) is 13.9. The molecule has 24 heavy (non-hydrogen) atoms. The zero-order chi connectivity index (χ0) is 17.5. The lowest BCUT2D eigenvalue weighted by Gasteiger charge is -2.12. The number of hydrogen-bond acceptors (Lipinski definition) is 3. The molecule has 0 fully saturated rings. The van der Waals surface area contributed by atoms with Gasteiger partial charge in [0.2, 0.25) is 0 Å². The van der Waals surface area contributed by atoms with Crippen molar-refractivity contribution >= 4 is 23.8 Å². The van der Waals surface area contributed by atoms with Crippen LogP contribution in [0.3, 0.4) is 0 Å². The van der Waals surface area contributed by atoms with Crippen molar-refractivity contribution in [3.8, 4) is 5.75 Å². The Labute approximate surface area is 141 Å². The van der Waals surface area contributed by atoms with Crippen molar-refractivity contribution in [2.24, 2.45) is 0 Å². The van der Waals surface area contributed by atoms with Crippen LogP contribution in [0, 0.1) is 6.92 Å². The summed E-state index contributed by atoms with van der Waals surface area (Å²) in [5, 5.41) is 2.71. The minimum atomic E-state index is -0.455. The Bertz CT molecular complexity index is 749. The summed E-state index contributed by atoms with van der Waals surface area (Å²) in [7, 11) is 3.32. The number of rotatable bonds is 4. The van der Waals surface area contributed by atoms with Crippen LogP contribution in [0.2, 0.25) is 0 Å². The van der Waals surface area contributed by atoms with Crippen LogP contribution in [0.1, 0.15) is 11.1 Å². The molecule has 2 amide bonds. The largest absolute Gasteiger partial charge is 0.423 e. The highest BCUT2D eigenvalue weighted by atomic mass is 16.5. The highest BCUT2D eigenvalue weighted by Gasteiger charge is 2.05. The first-order valence-corrected chi connectivity index (χ1v) is 7.49. The summed E-state index contributed by atoms with van der Waals surface area (Å²) in [5.41, 5.74) is 2.68. The SMILES string of the molecule is Cc1ccccc1C=CC(=O)Oc1ccc(NC(=O)N(C)C)cc1. The predicted molar refractivity (Wildman–Crippen MR) is 95.0 cm³/mol. The van der Waals surface area contributed by atoms with Gasteiger partial charge >= 0.3 is 12.0 Å². The summed E-state index contributed by atoms with van der Waals surface area (Å²) in [6, 6.07) is 14.2. The van der Waals surface area contributed by atoms with E-state index < -0.39 is 5.97 Å². The Morgan fingerprint density at radius 1 is 1.04 bits per heavy atom. The smallest absolute Gasteiger partial charge is 0.336 e. The first-order valence-electron chi connectivity index (χ1n) is 7.49. The molecule has 0 unspecified atom stereocenters. The van der Waals surface area contributed by atoms with Crippen LogP contribution < -0.4 is 10.1 Å². The minimum absolute atomic E-state index is 0.221. The van der Waals surface area contributed by atoms with Crippen LogP contribution in [-0.4, -0.2) is 31.0 Å². The zero-order valence-corrected chi connectivity index (χ0v) is 13.9. The Hall–Kier alpha value is -3.08. The van der Waals surface area contributed by atoms with Gasteiger partial charge in [-0.25, -0.2) is 9.59 Å². The summed E-state index contributed by atoms with van der Waals surface area (Å²) in [5.74, 6) is -0.0411. The van der Waals surface area contributed by atoms with Gasteiger partial charge in [-0.1, -0.05) is 24.3 Å². The Morgan fingerprint density at radius 3 is 2.33 bits per heavy atom. The second-order valence-corrected chi connectivity index (χ2v) is 5.46. The highest BCUT2D eigenvalue weighted by Crippen LogP contribution is 2.16. The van der Waals surface area contributed by atoms with Crippen LogP contribution in [-0.2, 0) is 4.79 Å². The van der Waals surface area contributed by atoms with Crippen LogP contribution in [0.15, 0.2) is 54.6 Å². The molecule has 0 atom stereocenters. The third-order valence-corrected chi connectivity index (χ3v) is 3.32. The minimum Gasteiger partial charge on any atom is -0.423 e. The van der Waals surface area contributed by atoms with Crippen LogP contribution in [0.25, 0.3) is 6.08 Å². The molecule has 0 saturated heterocycles. The second kappa shape index (κ2) is 7.97. The maximum atomic E-state index is 11.9. The molecule has 2 aromatic rings. The number of esters is 1. The number of urea groups is 1. The molecule has 5 heteroatoms. The predicted octanol–water partition coefficient (Wildman–Crippen LogP) is 3.71. The van der Waals surface area contributed by atoms with E-state index in [0.717, 1.165) is 11.1 Å². The molecule has 0 aliphatic rings. The summed E-state index contributed by atoms with van der Waals surface area (Å²) < 4.78 is 5.23. The van der Waals surface area contributed by atoms with E-state index in [2.05, 4.69) is 5.32 Å². The van der Waals surface area contributed by atoms with E-state index in [1.165, 1.54) is 11.0 Å². The summed E-state index contributed by atoms with van der Waals surface area (Å²) in [4.78, 5) is 24.8. The van der Waals surface area contributed by atoms with E-state index in [0.29, 0.717) is 11.4 Å². The van der Waals surface area contributed by atoms with E-state index in [1.807, 2.05) is 31.2 Å². The molecular formula is C19H20N2O3. The van der Waals surface area contributed by atoms with Crippen molar-refractivity contribution in [2.45, 2.75) is 6.92 Å². The van der Waals surface area contributed by atoms with E-state index in [-0.39, 0.29) is 6.03 Å². The number of carbonyl (C=O) groups excluding carboxylic acids is 2. The topological polar surface area (TPSA) is 58.6 Å². The van der Waals surface area contributed by atoms with Gasteiger partial charge in [-0.2, -0.15) is 0 Å². The van der Waals surface area contributed by atoms with Crippen LogP contribution >= 0.6 is 0 Å². The Kier molecular flexibility index (Phi) is 5.73. The van der Waals surface area contributed by atoms with E-state index in [4.69, 9.17) is 4.74 Å². The average Bonchev–Trinajstić information content (AvgIpc) is 2.56. The van der Waals surface area contributed by atoms with Crippen molar-refractivity contribution in [3.05, 3.63) is 65.7 Å². The molecule has 0 spiro atoms. The number of benzene rings is 2. The van der Waals surface area contributed by atoms with Gasteiger partial charge in [0.1, 0.15) is 5.75 Å². The number of nitrogens with zero attached hydrogens (tertiary/aromatic N) is 1. The number of hydrogen-bond donors (Lipinski definition) is 1. The number of nitrogens with one attached hydrogen (secondary N) is 1. The molecule has 1 N–H and O–H groups in total. The number of amides is 2. The molecule has 0 bridgehead atoms. The first kappa shape index (κ1) is 17.3.